The van der Waals surface area contributed by atoms with E-state index in [1.807, 2.05) is 12.1 Å². The molecule has 2 heterocycles. The van der Waals surface area contributed by atoms with Gasteiger partial charge in [-0.1, -0.05) is 18.2 Å². The van der Waals surface area contributed by atoms with Crippen molar-refractivity contribution in [2.24, 2.45) is 5.92 Å². The number of rotatable bonds is 6. The Hall–Kier alpha value is -3.35. The van der Waals surface area contributed by atoms with Crippen molar-refractivity contribution in [2.75, 3.05) is 26.8 Å². The second kappa shape index (κ2) is 9.91. The van der Waals surface area contributed by atoms with Crippen LogP contribution >= 0.6 is 0 Å². The molecule has 30 heavy (non-hydrogen) atoms. The topological polar surface area (TPSA) is 77.8 Å². The normalized spacial score (nSPS) is 16.8. The summed E-state index contributed by atoms with van der Waals surface area (Å²) in [5.74, 6) is -0.233. The lowest BCUT2D eigenvalue weighted by atomic mass is 9.98. The number of aromatic nitrogens is 1. The van der Waals surface area contributed by atoms with Gasteiger partial charge in [0, 0.05) is 25.4 Å². The van der Waals surface area contributed by atoms with E-state index in [9.17, 15) is 14.4 Å². The smallest absolute Gasteiger partial charge is 0.310 e. The molecule has 1 saturated heterocycles. The van der Waals surface area contributed by atoms with Crippen LogP contribution in [0.1, 0.15) is 25.3 Å². The first-order valence-corrected chi connectivity index (χ1v) is 10.0. The van der Waals surface area contributed by atoms with Gasteiger partial charge in [-0.3, -0.25) is 19.0 Å². The van der Waals surface area contributed by atoms with E-state index in [0.717, 1.165) is 5.56 Å². The van der Waals surface area contributed by atoms with Crippen molar-refractivity contribution in [3.63, 3.8) is 0 Å². The Morgan fingerprint density at radius 3 is 2.60 bits per heavy atom. The molecule has 0 N–H and O–H groups in total. The summed E-state index contributed by atoms with van der Waals surface area (Å²) in [6.07, 6.45) is 4.64. The van der Waals surface area contributed by atoms with Gasteiger partial charge in [-0.15, -0.1) is 0 Å². The number of hydrogen-bond donors (Lipinski definition) is 0. The summed E-state index contributed by atoms with van der Waals surface area (Å²) >= 11 is 0. The van der Waals surface area contributed by atoms with Gasteiger partial charge in [0.25, 0.3) is 11.5 Å². The van der Waals surface area contributed by atoms with Gasteiger partial charge in [-0.05, 0) is 49.6 Å². The van der Waals surface area contributed by atoms with Gasteiger partial charge in [0.1, 0.15) is 11.4 Å². The Morgan fingerprint density at radius 1 is 1.17 bits per heavy atom. The minimum absolute atomic E-state index is 0.232. The molecule has 1 amide bonds. The van der Waals surface area contributed by atoms with Crippen LogP contribution in [0, 0.1) is 5.92 Å². The quantitative estimate of drug-likeness (QED) is 0.540. The summed E-state index contributed by atoms with van der Waals surface area (Å²) in [6.45, 7) is 2.88. The molecule has 1 unspecified atom stereocenters. The molecular weight excluding hydrogens is 384 g/mol. The Balaban J connectivity index is 1.94. The third kappa shape index (κ3) is 4.97. The standard InChI is InChI=1S/C23H26N2O5/c1-3-30-23(28)18-7-6-13-24(16-18)22(27)20(25-14-5-4-8-21(25)26)15-17-9-11-19(29-2)12-10-17/h4-5,8-12,14-15,18H,3,6-7,13,16H2,1-2H3. The lowest BCUT2D eigenvalue weighted by Gasteiger charge is -2.32. The highest BCUT2D eigenvalue weighted by atomic mass is 16.5. The van der Waals surface area contributed by atoms with E-state index >= 15 is 0 Å². The van der Waals surface area contributed by atoms with Crippen molar-refractivity contribution in [1.82, 2.24) is 9.47 Å². The lowest BCUT2D eigenvalue weighted by molar-refractivity contribution is -0.150. The van der Waals surface area contributed by atoms with Crippen molar-refractivity contribution in [3.8, 4) is 5.75 Å². The third-order valence-electron chi connectivity index (χ3n) is 5.05. The summed E-state index contributed by atoms with van der Waals surface area (Å²) < 4.78 is 11.6. The van der Waals surface area contributed by atoms with Gasteiger partial charge in [-0.25, -0.2) is 0 Å². The first-order valence-electron chi connectivity index (χ1n) is 10.0. The molecule has 7 nitrogen and oxygen atoms in total. The fraction of sp³-hybridized carbons (Fsp3) is 0.348. The molecule has 1 aliphatic heterocycles. The number of ether oxygens (including phenoxy) is 2. The molecule has 0 aliphatic carbocycles. The molecule has 1 fully saturated rings. The van der Waals surface area contributed by atoms with Crippen LogP contribution in [0.5, 0.6) is 5.75 Å². The van der Waals surface area contributed by atoms with E-state index in [0.29, 0.717) is 31.7 Å². The number of methoxy groups -OCH3 is 1. The molecule has 0 saturated carbocycles. The SMILES string of the molecule is CCOC(=O)C1CCCN(C(=O)C(=Cc2ccc(OC)cc2)n2ccccc2=O)C1. The molecule has 0 radical (unpaired) electrons. The van der Waals surface area contributed by atoms with Crippen LogP contribution in [0.3, 0.4) is 0 Å². The molecule has 1 aliphatic rings. The summed E-state index contributed by atoms with van der Waals surface area (Å²) in [6, 6.07) is 12.0. The van der Waals surface area contributed by atoms with E-state index in [-0.39, 0.29) is 35.6 Å². The maximum absolute atomic E-state index is 13.4. The van der Waals surface area contributed by atoms with E-state index < -0.39 is 0 Å². The monoisotopic (exact) mass is 410 g/mol. The summed E-state index contributed by atoms with van der Waals surface area (Å²) in [5, 5.41) is 0. The Morgan fingerprint density at radius 2 is 1.93 bits per heavy atom. The average Bonchev–Trinajstić information content (AvgIpc) is 2.78. The first-order chi connectivity index (χ1) is 14.5. The van der Waals surface area contributed by atoms with Crippen LogP contribution < -0.4 is 10.3 Å². The summed E-state index contributed by atoms with van der Waals surface area (Å²) in [7, 11) is 1.58. The number of likely N-dealkylation sites (tertiary alicyclic amines) is 1. The van der Waals surface area contributed by atoms with Crippen LogP contribution in [-0.2, 0) is 14.3 Å². The highest BCUT2D eigenvalue weighted by molar-refractivity contribution is 6.18. The molecule has 1 aromatic heterocycles. The van der Waals surface area contributed by atoms with Crippen molar-refractivity contribution in [2.45, 2.75) is 19.8 Å². The molecule has 2 aromatic rings. The predicted molar refractivity (Wildman–Crippen MR) is 114 cm³/mol. The number of benzene rings is 1. The van der Waals surface area contributed by atoms with E-state index in [2.05, 4.69) is 0 Å². The zero-order valence-corrected chi connectivity index (χ0v) is 17.2. The number of pyridine rings is 1. The highest BCUT2D eigenvalue weighted by Crippen LogP contribution is 2.22. The van der Waals surface area contributed by atoms with Crippen LogP contribution in [0.2, 0.25) is 0 Å². The maximum Gasteiger partial charge on any atom is 0.310 e. The van der Waals surface area contributed by atoms with Crippen LogP contribution in [0.4, 0.5) is 0 Å². The Labute approximate surface area is 175 Å². The Bertz CT molecular complexity index is 978. The third-order valence-corrected chi connectivity index (χ3v) is 5.05. The van der Waals surface area contributed by atoms with Crippen LogP contribution in [-0.4, -0.2) is 48.1 Å². The fourth-order valence-electron chi connectivity index (χ4n) is 3.49. The van der Waals surface area contributed by atoms with Gasteiger partial charge in [0.2, 0.25) is 0 Å². The number of carbonyl (C=O) groups is 2. The number of carbonyl (C=O) groups excluding carboxylic acids is 2. The molecule has 0 bridgehead atoms. The number of amides is 1. The first kappa shape index (κ1) is 21.4. The van der Waals surface area contributed by atoms with Gasteiger partial charge < -0.3 is 14.4 Å². The predicted octanol–water partition coefficient (Wildman–Crippen LogP) is 2.66. The van der Waals surface area contributed by atoms with Crippen LogP contribution in [0.25, 0.3) is 11.8 Å². The van der Waals surface area contributed by atoms with E-state index in [1.54, 1.807) is 55.5 Å². The average molecular weight is 410 g/mol. The minimum atomic E-state index is -0.350. The lowest BCUT2D eigenvalue weighted by Crippen LogP contribution is -2.44. The number of piperidine rings is 1. The summed E-state index contributed by atoms with van der Waals surface area (Å²) in [5.41, 5.74) is 0.689. The molecule has 158 valence electrons. The molecule has 1 atom stereocenters. The minimum Gasteiger partial charge on any atom is -0.497 e. The summed E-state index contributed by atoms with van der Waals surface area (Å²) in [4.78, 5) is 39.7. The zero-order chi connectivity index (χ0) is 21.5. The van der Waals surface area contributed by atoms with Crippen molar-refractivity contribution < 1.29 is 19.1 Å². The molecule has 3 rings (SSSR count). The van der Waals surface area contributed by atoms with Crippen molar-refractivity contribution in [1.29, 1.82) is 0 Å². The van der Waals surface area contributed by atoms with E-state index in [4.69, 9.17) is 9.47 Å². The number of esters is 1. The molecule has 7 heteroatoms. The number of nitrogens with zero attached hydrogens (tertiary/aromatic N) is 2. The van der Waals surface area contributed by atoms with Crippen molar-refractivity contribution in [3.05, 3.63) is 64.6 Å². The Kier molecular flexibility index (Phi) is 7.06. The molecular formula is C23H26N2O5. The highest BCUT2D eigenvalue weighted by Gasteiger charge is 2.31. The fourth-order valence-corrected chi connectivity index (χ4v) is 3.49. The van der Waals surface area contributed by atoms with Gasteiger partial charge in [0.15, 0.2) is 0 Å². The number of hydrogen-bond acceptors (Lipinski definition) is 5. The second-order valence-corrected chi connectivity index (χ2v) is 7.05. The van der Waals surface area contributed by atoms with Gasteiger partial charge in [0.05, 0.1) is 19.6 Å². The zero-order valence-electron chi connectivity index (χ0n) is 17.2. The van der Waals surface area contributed by atoms with E-state index in [1.165, 1.54) is 10.6 Å². The van der Waals surface area contributed by atoms with Gasteiger partial charge in [-0.2, -0.15) is 0 Å². The van der Waals surface area contributed by atoms with Crippen LogP contribution in [0.15, 0.2) is 53.5 Å². The van der Waals surface area contributed by atoms with Gasteiger partial charge >= 0.3 is 5.97 Å². The largest absolute Gasteiger partial charge is 0.497 e. The van der Waals surface area contributed by atoms with Crippen molar-refractivity contribution >= 4 is 23.6 Å². The molecule has 1 aromatic carbocycles. The molecule has 0 spiro atoms. The second-order valence-electron chi connectivity index (χ2n) is 7.05. The maximum atomic E-state index is 13.4.